The SMILES string of the molecule is CC(C)CC(NC(=O)c1cc2cc(OCCN3CCCC3)ccc2o1)C(=O)NC1CCCN(S(=O)(=O)c2ccccc2)CC1=O. The number of carbonyl (C=O) groups excluding carboxylic acids is 3. The second-order valence-corrected chi connectivity index (χ2v) is 14.1. The van der Waals surface area contributed by atoms with Crippen molar-refractivity contribution >= 4 is 38.6 Å². The smallest absolute Gasteiger partial charge is 0.287 e. The van der Waals surface area contributed by atoms with Crippen molar-refractivity contribution in [2.45, 2.75) is 62.9 Å². The maximum Gasteiger partial charge on any atom is 0.287 e. The second kappa shape index (κ2) is 14.6. The van der Waals surface area contributed by atoms with Crippen LogP contribution in [0, 0.1) is 5.92 Å². The fourth-order valence-corrected chi connectivity index (χ4v) is 7.29. The molecule has 2 saturated heterocycles. The molecule has 2 aromatic carbocycles. The molecular formula is C33H42N4O7S. The number of nitrogens with zero attached hydrogens (tertiary/aromatic N) is 2. The van der Waals surface area contributed by atoms with Crippen LogP contribution in [-0.4, -0.2) is 86.6 Å². The normalized spacial score (nSPS) is 19.0. The number of hydrogen-bond acceptors (Lipinski definition) is 8. The van der Waals surface area contributed by atoms with Crippen molar-refractivity contribution in [1.29, 1.82) is 0 Å². The summed E-state index contributed by atoms with van der Waals surface area (Å²) < 4.78 is 39.1. The van der Waals surface area contributed by atoms with Crippen LogP contribution in [-0.2, 0) is 19.6 Å². The third kappa shape index (κ3) is 8.30. The lowest BCUT2D eigenvalue weighted by Gasteiger charge is -2.23. The van der Waals surface area contributed by atoms with E-state index in [1.807, 2.05) is 26.0 Å². The molecule has 0 saturated carbocycles. The highest BCUT2D eigenvalue weighted by molar-refractivity contribution is 7.89. The number of benzene rings is 2. The zero-order valence-electron chi connectivity index (χ0n) is 25.9. The number of nitrogens with one attached hydrogen (secondary N) is 2. The number of hydrogen-bond donors (Lipinski definition) is 2. The van der Waals surface area contributed by atoms with E-state index in [1.165, 1.54) is 25.0 Å². The Morgan fingerprint density at radius 3 is 2.51 bits per heavy atom. The van der Waals surface area contributed by atoms with Gasteiger partial charge in [0.25, 0.3) is 5.91 Å². The monoisotopic (exact) mass is 638 g/mol. The van der Waals surface area contributed by atoms with Crippen LogP contribution in [0.2, 0.25) is 0 Å². The van der Waals surface area contributed by atoms with E-state index in [-0.39, 0.29) is 29.7 Å². The van der Waals surface area contributed by atoms with Gasteiger partial charge in [-0.1, -0.05) is 32.0 Å². The molecule has 11 nitrogen and oxygen atoms in total. The van der Waals surface area contributed by atoms with Gasteiger partial charge in [0, 0.05) is 18.5 Å². The van der Waals surface area contributed by atoms with Crippen LogP contribution in [0.1, 0.15) is 56.5 Å². The third-order valence-electron chi connectivity index (χ3n) is 8.23. The van der Waals surface area contributed by atoms with E-state index in [4.69, 9.17) is 9.15 Å². The summed E-state index contributed by atoms with van der Waals surface area (Å²) in [5.74, 6) is -0.628. The Balaban J connectivity index is 1.20. The van der Waals surface area contributed by atoms with Crippen LogP contribution in [0.5, 0.6) is 5.75 Å². The van der Waals surface area contributed by atoms with Crippen molar-refractivity contribution < 1.29 is 32.0 Å². The molecule has 3 aromatic rings. The molecule has 242 valence electrons. The molecule has 12 heteroatoms. The Hall–Kier alpha value is -3.74. The molecule has 2 aliphatic rings. The van der Waals surface area contributed by atoms with Crippen molar-refractivity contribution in [3.8, 4) is 5.75 Å². The summed E-state index contributed by atoms with van der Waals surface area (Å²) in [5.41, 5.74) is 0.524. The molecule has 5 rings (SSSR count). The number of likely N-dealkylation sites (tertiary alicyclic amines) is 1. The molecule has 0 radical (unpaired) electrons. The van der Waals surface area contributed by atoms with Gasteiger partial charge in [0.15, 0.2) is 11.5 Å². The first kappa shape index (κ1) is 32.6. The number of ketones is 1. The zero-order valence-corrected chi connectivity index (χ0v) is 26.7. The van der Waals surface area contributed by atoms with Crippen LogP contribution >= 0.6 is 0 Å². The van der Waals surface area contributed by atoms with Crippen LogP contribution in [0.4, 0.5) is 0 Å². The van der Waals surface area contributed by atoms with E-state index in [2.05, 4.69) is 15.5 Å². The van der Waals surface area contributed by atoms with Gasteiger partial charge in [0.05, 0.1) is 17.5 Å². The number of amides is 2. The molecule has 2 fully saturated rings. The highest BCUT2D eigenvalue weighted by Gasteiger charge is 2.34. The highest BCUT2D eigenvalue weighted by atomic mass is 32.2. The van der Waals surface area contributed by atoms with E-state index in [9.17, 15) is 22.8 Å². The minimum atomic E-state index is -3.85. The number of rotatable bonds is 12. The molecule has 1 aromatic heterocycles. The van der Waals surface area contributed by atoms with Crippen molar-refractivity contribution in [2.75, 3.05) is 39.3 Å². The summed E-state index contributed by atoms with van der Waals surface area (Å²) in [4.78, 5) is 42.3. The standard InChI is InChI=1S/C33H42N4O7S/c1-23(2)19-28(32(39)34-27-11-8-16-37(22-29(27)38)45(41,42)26-9-4-3-5-10-26)35-33(40)31-21-24-20-25(12-13-30(24)44-31)43-18-17-36-14-6-7-15-36/h3-5,9-10,12-13,20-21,23,27-28H,6-8,11,14-19,22H2,1-2H3,(H,34,39)(H,35,40). The quantitative estimate of drug-likeness (QED) is 0.307. The van der Waals surface area contributed by atoms with Crippen LogP contribution < -0.4 is 15.4 Å². The average Bonchev–Trinajstić information content (AvgIpc) is 3.65. The largest absolute Gasteiger partial charge is 0.492 e. The van der Waals surface area contributed by atoms with Crippen molar-refractivity contribution in [2.24, 2.45) is 5.92 Å². The first-order valence-electron chi connectivity index (χ1n) is 15.7. The van der Waals surface area contributed by atoms with E-state index >= 15 is 0 Å². The summed E-state index contributed by atoms with van der Waals surface area (Å²) in [7, 11) is -3.85. The second-order valence-electron chi connectivity index (χ2n) is 12.2. The number of sulfonamides is 1. The minimum absolute atomic E-state index is 0.0630. The minimum Gasteiger partial charge on any atom is -0.492 e. The van der Waals surface area contributed by atoms with Gasteiger partial charge in [-0.05, 0) is 87.5 Å². The topological polar surface area (TPSA) is 138 Å². The number of ether oxygens (including phenoxy) is 1. The van der Waals surface area contributed by atoms with Gasteiger partial charge in [-0.25, -0.2) is 8.42 Å². The molecule has 45 heavy (non-hydrogen) atoms. The summed E-state index contributed by atoms with van der Waals surface area (Å²) in [6.07, 6.45) is 3.48. The van der Waals surface area contributed by atoms with Crippen molar-refractivity contribution in [3.05, 3.63) is 60.4 Å². The maximum atomic E-state index is 13.4. The molecule has 2 unspecified atom stereocenters. The predicted molar refractivity (Wildman–Crippen MR) is 169 cm³/mol. The van der Waals surface area contributed by atoms with E-state index in [1.54, 1.807) is 30.3 Å². The number of furan rings is 1. The first-order valence-corrected chi connectivity index (χ1v) is 17.1. The van der Waals surface area contributed by atoms with Gasteiger partial charge in [-0.3, -0.25) is 19.3 Å². The van der Waals surface area contributed by atoms with Gasteiger partial charge in [-0.15, -0.1) is 0 Å². The van der Waals surface area contributed by atoms with Crippen LogP contribution in [0.3, 0.4) is 0 Å². The fraction of sp³-hybridized carbons (Fsp3) is 0.485. The molecule has 2 N–H and O–H groups in total. The van der Waals surface area contributed by atoms with Crippen LogP contribution in [0.15, 0.2) is 63.9 Å². The first-order chi connectivity index (χ1) is 21.6. The Labute approximate surface area is 264 Å². The lowest BCUT2D eigenvalue weighted by molar-refractivity contribution is -0.129. The number of Topliss-reactive ketones (excluding diaryl/α,β-unsaturated/α-hetero) is 1. The van der Waals surface area contributed by atoms with Gasteiger partial charge in [-0.2, -0.15) is 4.31 Å². The van der Waals surface area contributed by atoms with Crippen LogP contribution in [0.25, 0.3) is 11.0 Å². The summed E-state index contributed by atoms with van der Waals surface area (Å²) >= 11 is 0. The van der Waals surface area contributed by atoms with Gasteiger partial charge >= 0.3 is 0 Å². The Bertz CT molecular complexity index is 1600. The Morgan fingerprint density at radius 2 is 1.78 bits per heavy atom. The lowest BCUT2D eigenvalue weighted by Crippen LogP contribution is -2.52. The van der Waals surface area contributed by atoms with Crippen molar-refractivity contribution in [3.63, 3.8) is 0 Å². The number of carbonyl (C=O) groups is 3. The third-order valence-corrected chi connectivity index (χ3v) is 10.1. The van der Waals surface area contributed by atoms with Gasteiger partial charge < -0.3 is 19.8 Å². The molecule has 2 aliphatic heterocycles. The average molecular weight is 639 g/mol. The van der Waals surface area contributed by atoms with E-state index in [0.717, 1.165) is 23.9 Å². The summed E-state index contributed by atoms with van der Waals surface area (Å²) in [6.45, 7) is 7.34. The number of fused-ring (bicyclic) bond motifs is 1. The van der Waals surface area contributed by atoms with Crippen molar-refractivity contribution in [1.82, 2.24) is 19.8 Å². The zero-order chi connectivity index (χ0) is 32.0. The fourth-order valence-electron chi connectivity index (χ4n) is 5.82. The molecule has 0 bridgehead atoms. The Morgan fingerprint density at radius 1 is 1.02 bits per heavy atom. The van der Waals surface area contributed by atoms with E-state index in [0.29, 0.717) is 42.6 Å². The van der Waals surface area contributed by atoms with E-state index < -0.39 is 39.7 Å². The van der Waals surface area contributed by atoms with Gasteiger partial charge in [0.2, 0.25) is 15.9 Å². The molecule has 2 amide bonds. The highest BCUT2D eigenvalue weighted by Crippen LogP contribution is 2.25. The molecular weight excluding hydrogens is 596 g/mol. The van der Waals surface area contributed by atoms with Gasteiger partial charge in [0.1, 0.15) is 24.0 Å². The molecule has 0 spiro atoms. The predicted octanol–water partition coefficient (Wildman–Crippen LogP) is 3.59. The summed E-state index contributed by atoms with van der Waals surface area (Å²) in [5, 5.41) is 6.27. The Kier molecular flexibility index (Phi) is 10.6. The summed E-state index contributed by atoms with van der Waals surface area (Å²) in [6, 6.07) is 13.2. The maximum absolute atomic E-state index is 13.4. The lowest BCUT2D eigenvalue weighted by atomic mass is 10.0. The molecule has 2 atom stereocenters. The molecule has 3 heterocycles. The molecule has 0 aliphatic carbocycles.